The van der Waals surface area contributed by atoms with Gasteiger partial charge in [0.1, 0.15) is 25.0 Å². The number of nitrogens with zero attached hydrogens (tertiary/aromatic N) is 5. The Labute approximate surface area is 229 Å². The third-order valence-electron chi connectivity index (χ3n) is 6.75. The van der Waals surface area contributed by atoms with Crippen LogP contribution in [0, 0.1) is 11.8 Å². The van der Waals surface area contributed by atoms with Crippen LogP contribution < -0.4 is 4.74 Å². The van der Waals surface area contributed by atoms with Gasteiger partial charge in [0.25, 0.3) is 0 Å². The molecule has 1 N–H and O–H groups in total. The van der Waals surface area contributed by atoms with Crippen LogP contribution in [0.15, 0.2) is 91.1 Å². The van der Waals surface area contributed by atoms with Crippen molar-refractivity contribution >= 4 is 11.3 Å². The van der Waals surface area contributed by atoms with Crippen LogP contribution in [-0.2, 0) is 13.0 Å². The number of hydrogen-bond donors (Lipinski definition) is 1. The van der Waals surface area contributed by atoms with Gasteiger partial charge < -0.3 is 4.74 Å². The first-order valence-electron chi connectivity index (χ1n) is 12.5. The number of aromatic nitrogens is 6. The van der Waals surface area contributed by atoms with Crippen LogP contribution in [0.2, 0.25) is 0 Å². The summed E-state index contributed by atoms with van der Waals surface area (Å²) in [7, 11) is 0. The van der Waals surface area contributed by atoms with Gasteiger partial charge in [-0.15, -0.1) is 11.3 Å². The van der Waals surface area contributed by atoms with Gasteiger partial charge in [-0.25, -0.2) is 9.67 Å². The van der Waals surface area contributed by atoms with Gasteiger partial charge in [-0.1, -0.05) is 36.1 Å². The SMILES string of the molecule is C(#Cc1cc(-c2n[nH]c3c2Cc2ccc(Cn4cncn4)cc2-3)cs1)COc1ccc(-c2ccncc2)cc1. The van der Waals surface area contributed by atoms with E-state index in [9.17, 15) is 0 Å². The predicted molar refractivity (Wildman–Crippen MR) is 151 cm³/mol. The molecule has 39 heavy (non-hydrogen) atoms. The minimum absolute atomic E-state index is 0.325. The molecule has 4 aromatic heterocycles. The summed E-state index contributed by atoms with van der Waals surface area (Å²) in [6.07, 6.45) is 7.74. The van der Waals surface area contributed by atoms with Gasteiger partial charge in [0.2, 0.25) is 0 Å². The minimum Gasteiger partial charge on any atom is -0.481 e. The van der Waals surface area contributed by atoms with E-state index in [2.05, 4.69) is 66.8 Å². The summed E-state index contributed by atoms with van der Waals surface area (Å²) in [4.78, 5) is 9.09. The first kappa shape index (κ1) is 23.1. The van der Waals surface area contributed by atoms with Crippen molar-refractivity contribution in [2.24, 2.45) is 0 Å². The van der Waals surface area contributed by atoms with Gasteiger partial charge in [0.05, 0.1) is 22.8 Å². The average molecular weight is 527 g/mol. The molecule has 0 radical (unpaired) electrons. The number of hydrogen-bond acceptors (Lipinski definition) is 6. The summed E-state index contributed by atoms with van der Waals surface area (Å²) in [6, 6.07) is 20.7. The monoisotopic (exact) mass is 526 g/mol. The molecule has 0 bridgehead atoms. The molecular weight excluding hydrogens is 504 g/mol. The molecule has 0 saturated carbocycles. The van der Waals surface area contributed by atoms with Crippen LogP contribution >= 0.6 is 11.3 Å². The summed E-state index contributed by atoms with van der Waals surface area (Å²) < 4.78 is 7.66. The van der Waals surface area contributed by atoms with E-state index in [-0.39, 0.29) is 0 Å². The molecule has 0 fully saturated rings. The van der Waals surface area contributed by atoms with Crippen LogP contribution in [0.25, 0.3) is 33.6 Å². The quantitative estimate of drug-likeness (QED) is 0.275. The normalized spacial score (nSPS) is 11.5. The van der Waals surface area contributed by atoms with E-state index in [4.69, 9.17) is 4.74 Å². The van der Waals surface area contributed by atoms with E-state index in [0.717, 1.165) is 45.1 Å². The van der Waals surface area contributed by atoms with Crippen LogP contribution in [0.5, 0.6) is 5.75 Å². The number of pyridine rings is 1. The summed E-state index contributed by atoms with van der Waals surface area (Å²) in [6.45, 7) is 1.02. The van der Waals surface area contributed by atoms with E-state index < -0.39 is 0 Å². The fourth-order valence-electron chi connectivity index (χ4n) is 4.86. The van der Waals surface area contributed by atoms with Crippen LogP contribution in [0.1, 0.15) is 21.6 Å². The number of fused-ring (bicyclic) bond motifs is 3. The van der Waals surface area contributed by atoms with E-state index in [1.165, 1.54) is 22.3 Å². The Morgan fingerprint density at radius 1 is 0.949 bits per heavy atom. The van der Waals surface area contributed by atoms with Crippen molar-refractivity contribution in [3.05, 3.63) is 113 Å². The number of rotatable bonds is 6. The second kappa shape index (κ2) is 10.0. The molecule has 0 spiro atoms. The second-order valence-electron chi connectivity index (χ2n) is 9.24. The van der Waals surface area contributed by atoms with Gasteiger partial charge in [-0.05, 0) is 58.7 Å². The highest BCUT2D eigenvalue weighted by Crippen LogP contribution is 2.41. The predicted octanol–water partition coefficient (Wildman–Crippen LogP) is 5.84. The maximum atomic E-state index is 5.83. The molecule has 0 atom stereocenters. The van der Waals surface area contributed by atoms with Crippen molar-refractivity contribution in [2.75, 3.05) is 6.61 Å². The first-order chi connectivity index (χ1) is 19.3. The second-order valence-corrected chi connectivity index (χ2v) is 10.1. The Balaban J connectivity index is 1.01. The third kappa shape index (κ3) is 4.72. The number of ether oxygens (including phenoxy) is 1. The highest BCUT2D eigenvalue weighted by atomic mass is 32.1. The third-order valence-corrected chi connectivity index (χ3v) is 7.60. The molecule has 0 amide bonds. The summed E-state index contributed by atoms with van der Waals surface area (Å²) in [5.41, 5.74) is 10.4. The summed E-state index contributed by atoms with van der Waals surface area (Å²) in [5, 5.41) is 14.3. The van der Waals surface area contributed by atoms with E-state index in [1.807, 2.05) is 41.1 Å². The highest BCUT2D eigenvalue weighted by molar-refractivity contribution is 7.11. The molecule has 1 aliphatic rings. The Hall–Kier alpha value is -5.00. The number of nitrogens with one attached hydrogen (secondary N) is 1. The van der Waals surface area contributed by atoms with Gasteiger partial charge in [0, 0.05) is 40.9 Å². The molecular formula is C31H22N6OS. The number of aromatic amines is 1. The maximum absolute atomic E-state index is 5.83. The lowest BCUT2D eigenvalue weighted by molar-refractivity contribution is 0.370. The van der Waals surface area contributed by atoms with Crippen molar-refractivity contribution in [2.45, 2.75) is 13.0 Å². The molecule has 4 heterocycles. The zero-order valence-electron chi connectivity index (χ0n) is 20.8. The molecule has 0 unspecified atom stereocenters. The van der Waals surface area contributed by atoms with Crippen LogP contribution in [0.4, 0.5) is 0 Å². The molecule has 1 aliphatic carbocycles. The molecule has 7 nitrogen and oxygen atoms in total. The molecule has 2 aromatic carbocycles. The first-order valence-corrected chi connectivity index (χ1v) is 13.4. The number of H-pyrrole nitrogens is 1. The topological polar surface area (TPSA) is 81.5 Å². The Bertz CT molecular complexity index is 1810. The molecule has 7 rings (SSSR count). The Morgan fingerprint density at radius 3 is 2.67 bits per heavy atom. The molecule has 6 aromatic rings. The highest BCUT2D eigenvalue weighted by Gasteiger charge is 2.25. The van der Waals surface area contributed by atoms with E-state index >= 15 is 0 Å². The smallest absolute Gasteiger partial charge is 0.149 e. The van der Waals surface area contributed by atoms with Crippen molar-refractivity contribution in [1.29, 1.82) is 0 Å². The standard InChI is InChI=1S/C31H22N6OS/c1(13-38-26-7-5-22(6-8-26)23-9-11-32-12-10-23)2-27-15-25(18-39-27)30-29-16-24-4-3-21(17-37-20-33-19-34-37)14-28(24)31(29)36-35-30/h3-12,14-15,18-20H,13,16-17H2,(H,35,36). The van der Waals surface area contributed by atoms with Crippen molar-refractivity contribution < 1.29 is 4.74 Å². The number of thiophene rings is 1. The van der Waals surface area contributed by atoms with Crippen molar-refractivity contribution in [3.63, 3.8) is 0 Å². The average Bonchev–Trinajstić information content (AvgIpc) is 3.78. The van der Waals surface area contributed by atoms with Crippen LogP contribution in [-0.4, -0.2) is 36.6 Å². The van der Waals surface area contributed by atoms with Gasteiger partial charge in [-0.3, -0.25) is 10.1 Å². The van der Waals surface area contributed by atoms with E-state index in [0.29, 0.717) is 13.2 Å². The summed E-state index contributed by atoms with van der Waals surface area (Å²) in [5.74, 6) is 7.17. The number of benzene rings is 2. The van der Waals surface area contributed by atoms with Gasteiger partial charge in [-0.2, -0.15) is 10.2 Å². The van der Waals surface area contributed by atoms with Gasteiger partial charge in [0.15, 0.2) is 0 Å². The van der Waals surface area contributed by atoms with Crippen LogP contribution in [0.3, 0.4) is 0 Å². The lowest BCUT2D eigenvalue weighted by atomic mass is 10.1. The van der Waals surface area contributed by atoms with Gasteiger partial charge >= 0.3 is 0 Å². The Kier molecular flexibility index (Phi) is 5.96. The van der Waals surface area contributed by atoms with E-state index in [1.54, 1.807) is 36.4 Å². The van der Waals surface area contributed by atoms with Crippen molar-refractivity contribution in [1.82, 2.24) is 29.9 Å². The maximum Gasteiger partial charge on any atom is 0.149 e. The summed E-state index contributed by atoms with van der Waals surface area (Å²) >= 11 is 1.62. The largest absolute Gasteiger partial charge is 0.481 e. The lowest BCUT2D eigenvalue weighted by Gasteiger charge is -2.05. The molecule has 0 saturated heterocycles. The van der Waals surface area contributed by atoms with Crippen molar-refractivity contribution in [3.8, 4) is 51.2 Å². The molecule has 188 valence electrons. The fourth-order valence-corrected chi connectivity index (χ4v) is 5.62. The zero-order chi connectivity index (χ0) is 26.0. The molecule has 8 heteroatoms. The minimum atomic E-state index is 0.325. The lowest BCUT2D eigenvalue weighted by Crippen LogP contribution is -2.00. The zero-order valence-corrected chi connectivity index (χ0v) is 21.7. The molecule has 0 aliphatic heterocycles. The Morgan fingerprint density at radius 2 is 1.82 bits per heavy atom. The fraction of sp³-hybridized carbons (Fsp3) is 0.0968.